The van der Waals surface area contributed by atoms with Crippen LogP contribution in [0.5, 0.6) is 5.75 Å². The highest BCUT2D eigenvalue weighted by Crippen LogP contribution is 2.14. The molecule has 1 amide bonds. The second-order valence-electron chi connectivity index (χ2n) is 7.01. The van der Waals surface area contributed by atoms with Crippen LogP contribution in [-0.2, 0) is 11.3 Å². The molecule has 1 aliphatic heterocycles. The van der Waals surface area contributed by atoms with E-state index in [-0.39, 0.29) is 11.9 Å². The zero-order valence-electron chi connectivity index (χ0n) is 15.6. The Hall–Kier alpha value is -2.37. The number of carbonyl (C=O) groups excluding carboxylic acids is 1. The van der Waals surface area contributed by atoms with Gasteiger partial charge in [-0.2, -0.15) is 0 Å². The highest BCUT2D eigenvalue weighted by Gasteiger charge is 2.31. The Morgan fingerprint density at radius 1 is 1.04 bits per heavy atom. The molecule has 2 aromatic carbocycles. The van der Waals surface area contributed by atoms with Gasteiger partial charge in [-0.15, -0.1) is 0 Å². The first-order chi connectivity index (χ1) is 12.7. The van der Waals surface area contributed by atoms with Crippen LogP contribution in [0.2, 0.25) is 0 Å². The molecule has 0 unspecified atom stereocenters. The quantitative estimate of drug-likeness (QED) is 0.684. The van der Waals surface area contributed by atoms with Crippen molar-refractivity contribution in [3.05, 3.63) is 60.2 Å². The predicted molar refractivity (Wildman–Crippen MR) is 103 cm³/mol. The molecule has 0 saturated carbocycles. The van der Waals surface area contributed by atoms with Crippen LogP contribution in [0, 0.1) is 0 Å². The van der Waals surface area contributed by atoms with Gasteiger partial charge in [-0.25, -0.2) is 0 Å². The van der Waals surface area contributed by atoms with E-state index in [0.717, 1.165) is 44.2 Å². The zero-order valence-corrected chi connectivity index (χ0v) is 15.6. The Kier molecular flexibility index (Phi) is 6.26. The number of ether oxygens (including phenoxy) is 1. The number of amides is 1. The van der Waals surface area contributed by atoms with Gasteiger partial charge < -0.3 is 19.9 Å². The summed E-state index contributed by atoms with van der Waals surface area (Å²) in [6, 6.07) is 18.1. The van der Waals surface area contributed by atoms with Crippen molar-refractivity contribution in [1.82, 2.24) is 0 Å². The van der Waals surface area contributed by atoms with Crippen molar-refractivity contribution in [1.29, 1.82) is 0 Å². The van der Waals surface area contributed by atoms with Crippen LogP contribution in [0.3, 0.4) is 0 Å². The van der Waals surface area contributed by atoms with Crippen molar-refractivity contribution in [2.24, 2.45) is 0 Å². The fourth-order valence-corrected chi connectivity index (χ4v) is 3.53. The van der Waals surface area contributed by atoms with Crippen LogP contribution in [0.4, 0.5) is 5.69 Å². The SMILES string of the molecule is COc1ccc(NC(=O)[C@@H](C)[NH+]2CC[NH+](Cc3ccccc3)CC2)cc1. The average molecular weight is 355 g/mol. The van der Waals surface area contributed by atoms with Crippen LogP contribution in [0.25, 0.3) is 0 Å². The molecule has 3 N–H and O–H groups in total. The molecule has 0 aromatic heterocycles. The van der Waals surface area contributed by atoms with Gasteiger partial charge in [-0.3, -0.25) is 4.79 Å². The number of nitrogens with one attached hydrogen (secondary N) is 3. The average Bonchev–Trinajstić information content (AvgIpc) is 2.69. The van der Waals surface area contributed by atoms with Crippen molar-refractivity contribution in [2.45, 2.75) is 19.5 Å². The minimum Gasteiger partial charge on any atom is -0.497 e. The zero-order chi connectivity index (χ0) is 18.4. The topological polar surface area (TPSA) is 47.2 Å². The van der Waals surface area contributed by atoms with Crippen LogP contribution >= 0.6 is 0 Å². The summed E-state index contributed by atoms with van der Waals surface area (Å²) in [5.74, 6) is 0.871. The highest BCUT2D eigenvalue weighted by molar-refractivity contribution is 5.93. The number of anilines is 1. The number of rotatable bonds is 6. The molecule has 1 heterocycles. The first-order valence-electron chi connectivity index (χ1n) is 9.32. The molecule has 138 valence electrons. The monoisotopic (exact) mass is 355 g/mol. The van der Waals surface area contributed by atoms with E-state index in [9.17, 15) is 4.79 Å². The maximum atomic E-state index is 12.6. The molecule has 1 fully saturated rings. The summed E-state index contributed by atoms with van der Waals surface area (Å²) >= 11 is 0. The lowest BCUT2D eigenvalue weighted by Gasteiger charge is -2.32. The fourth-order valence-electron chi connectivity index (χ4n) is 3.53. The molecule has 0 aliphatic carbocycles. The molecular formula is C21H29N3O2+2. The van der Waals surface area contributed by atoms with Gasteiger partial charge in [0.05, 0.1) is 7.11 Å². The molecule has 0 bridgehead atoms. The van der Waals surface area contributed by atoms with Gasteiger partial charge in [-0.05, 0) is 31.2 Å². The lowest BCUT2D eigenvalue weighted by atomic mass is 10.1. The van der Waals surface area contributed by atoms with E-state index in [2.05, 4.69) is 35.6 Å². The van der Waals surface area contributed by atoms with Gasteiger partial charge in [0.25, 0.3) is 5.91 Å². The lowest BCUT2D eigenvalue weighted by molar-refractivity contribution is -1.02. The number of hydrogen-bond donors (Lipinski definition) is 3. The number of hydrogen-bond acceptors (Lipinski definition) is 2. The van der Waals surface area contributed by atoms with Gasteiger partial charge >= 0.3 is 0 Å². The van der Waals surface area contributed by atoms with Crippen LogP contribution in [0.15, 0.2) is 54.6 Å². The minimum atomic E-state index is -0.0459. The molecular weight excluding hydrogens is 326 g/mol. The number of quaternary nitrogens is 2. The normalized spacial score (nSPS) is 21.0. The van der Waals surface area contributed by atoms with Crippen molar-refractivity contribution < 1.29 is 19.3 Å². The maximum Gasteiger partial charge on any atom is 0.282 e. The smallest absolute Gasteiger partial charge is 0.282 e. The van der Waals surface area contributed by atoms with Gasteiger partial charge in [0.15, 0.2) is 6.04 Å². The van der Waals surface area contributed by atoms with E-state index in [1.165, 1.54) is 10.5 Å². The second-order valence-corrected chi connectivity index (χ2v) is 7.01. The molecule has 0 spiro atoms. The molecule has 5 nitrogen and oxygen atoms in total. The molecule has 0 radical (unpaired) electrons. The Morgan fingerprint density at radius 3 is 2.31 bits per heavy atom. The Bertz CT molecular complexity index is 695. The van der Waals surface area contributed by atoms with E-state index in [1.54, 1.807) is 12.0 Å². The first kappa shape index (κ1) is 18.4. The van der Waals surface area contributed by atoms with E-state index < -0.39 is 0 Å². The predicted octanol–water partition coefficient (Wildman–Crippen LogP) is 0.00580. The minimum absolute atomic E-state index is 0.0459. The van der Waals surface area contributed by atoms with Crippen LogP contribution < -0.4 is 19.9 Å². The third-order valence-corrected chi connectivity index (χ3v) is 5.26. The lowest BCUT2D eigenvalue weighted by Crippen LogP contribution is -3.29. The van der Waals surface area contributed by atoms with Gasteiger partial charge in [0.1, 0.15) is 38.5 Å². The summed E-state index contributed by atoms with van der Waals surface area (Å²) in [5, 5.41) is 3.02. The van der Waals surface area contributed by atoms with Crippen molar-refractivity contribution in [3.8, 4) is 5.75 Å². The van der Waals surface area contributed by atoms with Crippen LogP contribution in [-0.4, -0.2) is 45.2 Å². The molecule has 5 heteroatoms. The van der Waals surface area contributed by atoms with E-state index in [4.69, 9.17) is 4.74 Å². The van der Waals surface area contributed by atoms with Crippen molar-refractivity contribution in [3.63, 3.8) is 0 Å². The number of benzene rings is 2. The van der Waals surface area contributed by atoms with Crippen molar-refractivity contribution >= 4 is 11.6 Å². The maximum absolute atomic E-state index is 12.6. The summed E-state index contributed by atoms with van der Waals surface area (Å²) in [5.41, 5.74) is 2.20. The Morgan fingerprint density at radius 2 is 1.69 bits per heavy atom. The fraction of sp³-hybridized carbons (Fsp3) is 0.381. The number of carbonyl (C=O) groups is 1. The van der Waals surface area contributed by atoms with Crippen molar-refractivity contribution in [2.75, 3.05) is 38.6 Å². The molecule has 3 rings (SSSR count). The molecule has 1 atom stereocenters. The number of piperazine rings is 1. The van der Waals surface area contributed by atoms with E-state index >= 15 is 0 Å². The third kappa shape index (κ3) is 4.84. The molecule has 1 aliphatic rings. The second kappa shape index (κ2) is 8.83. The summed E-state index contributed by atoms with van der Waals surface area (Å²) in [4.78, 5) is 15.5. The summed E-state index contributed by atoms with van der Waals surface area (Å²) < 4.78 is 5.15. The van der Waals surface area contributed by atoms with Gasteiger partial charge in [0, 0.05) is 11.3 Å². The highest BCUT2D eigenvalue weighted by atomic mass is 16.5. The Labute approximate surface area is 155 Å². The largest absolute Gasteiger partial charge is 0.497 e. The first-order valence-corrected chi connectivity index (χ1v) is 9.32. The van der Waals surface area contributed by atoms with Crippen LogP contribution in [0.1, 0.15) is 12.5 Å². The molecule has 1 saturated heterocycles. The van der Waals surface area contributed by atoms with Gasteiger partial charge in [0.2, 0.25) is 0 Å². The summed E-state index contributed by atoms with van der Waals surface area (Å²) in [6.07, 6.45) is 0. The number of methoxy groups -OCH3 is 1. The molecule has 26 heavy (non-hydrogen) atoms. The summed E-state index contributed by atoms with van der Waals surface area (Å²) in [7, 11) is 1.64. The molecule has 2 aromatic rings. The Balaban J connectivity index is 1.47. The van der Waals surface area contributed by atoms with E-state index in [0.29, 0.717) is 0 Å². The standard InChI is InChI=1S/C21H27N3O2/c1-17(21(25)22-19-8-10-20(26-2)11-9-19)24-14-12-23(13-15-24)16-18-6-4-3-5-7-18/h3-11,17H,12-16H2,1-2H3,(H,22,25)/p+2/t17-/m1/s1. The van der Waals surface area contributed by atoms with E-state index in [1.807, 2.05) is 31.2 Å². The third-order valence-electron chi connectivity index (χ3n) is 5.26. The summed E-state index contributed by atoms with van der Waals surface area (Å²) in [6.45, 7) is 7.35. The van der Waals surface area contributed by atoms with Gasteiger partial charge in [-0.1, -0.05) is 30.3 Å².